The first-order valence-corrected chi connectivity index (χ1v) is 9.30. The molecule has 0 amide bonds. The number of pyridine rings is 1. The number of rotatable bonds is 3. The first kappa shape index (κ1) is 17.5. The van der Waals surface area contributed by atoms with Crippen LogP contribution in [0.1, 0.15) is 23.7 Å². The molecular formula is C18H22N6S. The van der Waals surface area contributed by atoms with E-state index in [1.165, 1.54) is 0 Å². The zero-order valence-electron chi connectivity index (χ0n) is 14.6. The summed E-state index contributed by atoms with van der Waals surface area (Å²) in [7, 11) is 0. The molecule has 6 nitrogen and oxygen atoms in total. The van der Waals surface area contributed by atoms with E-state index in [1.54, 1.807) is 12.4 Å². The molecule has 0 aromatic carbocycles. The third-order valence-corrected chi connectivity index (χ3v) is 4.92. The lowest BCUT2D eigenvalue weighted by Gasteiger charge is -2.35. The summed E-state index contributed by atoms with van der Waals surface area (Å²) >= 11 is 1.88. The average Bonchev–Trinajstić information content (AvgIpc) is 2.62. The van der Waals surface area contributed by atoms with Crippen LogP contribution in [0, 0.1) is 18.8 Å². The Morgan fingerprint density at radius 1 is 1.20 bits per heavy atom. The average molecular weight is 354 g/mol. The van der Waals surface area contributed by atoms with Crippen LogP contribution < -0.4 is 10.6 Å². The Hall–Kier alpha value is -2.30. The van der Waals surface area contributed by atoms with Crippen LogP contribution in [-0.4, -0.2) is 51.2 Å². The molecule has 3 heterocycles. The molecule has 0 unspecified atom stereocenters. The van der Waals surface area contributed by atoms with E-state index in [4.69, 9.17) is 5.73 Å². The van der Waals surface area contributed by atoms with E-state index >= 15 is 0 Å². The van der Waals surface area contributed by atoms with Crippen LogP contribution in [0.15, 0.2) is 24.5 Å². The zero-order valence-corrected chi connectivity index (χ0v) is 15.4. The van der Waals surface area contributed by atoms with E-state index in [2.05, 4.69) is 42.9 Å². The number of hydrogen-bond donors (Lipinski definition) is 1. The number of nitrogens with two attached hydrogens (primary N) is 1. The minimum absolute atomic E-state index is 0.296. The quantitative estimate of drug-likeness (QED) is 0.667. The predicted molar refractivity (Wildman–Crippen MR) is 103 cm³/mol. The van der Waals surface area contributed by atoms with Gasteiger partial charge in [-0.25, -0.2) is 9.29 Å². The van der Waals surface area contributed by atoms with Crippen LogP contribution >= 0.6 is 11.9 Å². The van der Waals surface area contributed by atoms with Crippen LogP contribution in [-0.2, 0) is 0 Å². The van der Waals surface area contributed by atoms with Gasteiger partial charge in [-0.15, -0.1) is 0 Å². The van der Waals surface area contributed by atoms with Crippen molar-refractivity contribution in [2.24, 2.45) is 0 Å². The highest BCUT2D eigenvalue weighted by atomic mass is 32.2. The van der Waals surface area contributed by atoms with Gasteiger partial charge < -0.3 is 10.6 Å². The van der Waals surface area contributed by atoms with Crippen molar-refractivity contribution in [3.8, 4) is 11.8 Å². The van der Waals surface area contributed by atoms with Crippen molar-refractivity contribution in [1.29, 1.82) is 0 Å². The van der Waals surface area contributed by atoms with Crippen LogP contribution in [0.25, 0.3) is 0 Å². The number of nitrogen functional groups attached to an aromatic ring is 1. The monoisotopic (exact) mass is 354 g/mol. The van der Waals surface area contributed by atoms with Gasteiger partial charge >= 0.3 is 0 Å². The minimum atomic E-state index is 0.296. The van der Waals surface area contributed by atoms with Crippen molar-refractivity contribution >= 4 is 23.7 Å². The summed E-state index contributed by atoms with van der Waals surface area (Å²) in [6, 6.07) is 3.82. The van der Waals surface area contributed by atoms with Crippen LogP contribution in [0.3, 0.4) is 0 Å². The lowest BCUT2D eigenvalue weighted by atomic mass is 10.1. The smallest absolute Gasteiger partial charge is 0.222 e. The number of aromatic nitrogens is 3. The maximum absolute atomic E-state index is 5.90. The van der Waals surface area contributed by atoms with Gasteiger partial charge in [-0.2, -0.15) is 4.98 Å². The molecule has 25 heavy (non-hydrogen) atoms. The summed E-state index contributed by atoms with van der Waals surface area (Å²) in [6.45, 7) is 7.92. The van der Waals surface area contributed by atoms with Gasteiger partial charge in [0.25, 0.3) is 0 Å². The Balaban J connectivity index is 1.88. The highest BCUT2D eigenvalue weighted by molar-refractivity contribution is 7.96. The fourth-order valence-electron chi connectivity index (χ4n) is 2.74. The first-order chi connectivity index (χ1) is 12.2. The molecule has 0 saturated carbocycles. The van der Waals surface area contributed by atoms with Crippen LogP contribution in [0.4, 0.5) is 11.8 Å². The number of anilines is 2. The maximum atomic E-state index is 5.90. The van der Waals surface area contributed by atoms with E-state index < -0.39 is 0 Å². The molecule has 0 spiro atoms. The van der Waals surface area contributed by atoms with Gasteiger partial charge in [0, 0.05) is 49.9 Å². The van der Waals surface area contributed by atoms with Crippen molar-refractivity contribution in [3.63, 3.8) is 0 Å². The first-order valence-electron chi connectivity index (χ1n) is 8.36. The van der Waals surface area contributed by atoms with Gasteiger partial charge in [0.2, 0.25) is 5.95 Å². The molecule has 0 atom stereocenters. The number of hydrogen-bond acceptors (Lipinski definition) is 7. The van der Waals surface area contributed by atoms with Gasteiger partial charge in [0.1, 0.15) is 5.82 Å². The van der Waals surface area contributed by atoms with E-state index in [0.29, 0.717) is 5.95 Å². The predicted octanol–water partition coefficient (Wildman–Crippen LogP) is 1.95. The lowest BCUT2D eigenvalue weighted by Crippen LogP contribution is -2.44. The SMILES string of the molecule is CCSN1CCN(c2nc(N)nc(C)c2C#Cc2cccnc2)CC1. The van der Waals surface area contributed by atoms with Gasteiger partial charge in [-0.1, -0.05) is 30.7 Å². The molecule has 2 aromatic heterocycles. The second-order valence-electron chi connectivity index (χ2n) is 5.69. The highest BCUT2D eigenvalue weighted by Gasteiger charge is 2.21. The largest absolute Gasteiger partial charge is 0.368 e. The van der Waals surface area contributed by atoms with Crippen molar-refractivity contribution < 1.29 is 0 Å². The van der Waals surface area contributed by atoms with Gasteiger partial charge in [-0.3, -0.25) is 4.98 Å². The fraction of sp³-hybridized carbons (Fsp3) is 0.389. The molecular weight excluding hydrogens is 332 g/mol. The Morgan fingerprint density at radius 2 is 2.00 bits per heavy atom. The number of aryl methyl sites for hydroxylation is 1. The van der Waals surface area contributed by atoms with Gasteiger partial charge in [0.05, 0.1) is 11.3 Å². The molecule has 0 radical (unpaired) electrons. The van der Waals surface area contributed by atoms with Gasteiger partial charge in [-0.05, 0) is 19.1 Å². The normalized spacial score (nSPS) is 14.9. The molecule has 7 heteroatoms. The van der Waals surface area contributed by atoms with E-state index in [-0.39, 0.29) is 0 Å². The Labute approximate surface area is 153 Å². The summed E-state index contributed by atoms with van der Waals surface area (Å²) in [5, 5.41) is 0. The number of nitrogens with zero attached hydrogens (tertiary/aromatic N) is 5. The zero-order chi connectivity index (χ0) is 17.6. The van der Waals surface area contributed by atoms with Crippen molar-refractivity contribution in [1.82, 2.24) is 19.3 Å². The summed E-state index contributed by atoms with van der Waals surface area (Å²) in [6.07, 6.45) is 3.49. The number of piperazine rings is 1. The molecule has 0 bridgehead atoms. The van der Waals surface area contributed by atoms with Crippen molar-refractivity contribution in [3.05, 3.63) is 41.3 Å². The van der Waals surface area contributed by atoms with Crippen LogP contribution in [0.5, 0.6) is 0 Å². The molecule has 3 rings (SSSR count). The third kappa shape index (κ3) is 4.41. The minimum Gasteiger partial charge on any atom is -0.368 e. The van der Waals surface area contributed by atoms with Gasteiger partial charge in [0.15, 0.2) is 0 Å². The summed E-state index contributed by atoms with van der Waals surface area (Å²) in [5.74, 6) is 8.61. The van der Waals surface area contributed by atoms with Crippen LogP contribution in [0.2, 0.25) is 0 Å². The van der Waals surface area contributed by atoms with E-state index in [9.17, 15) is 0 Å². The second kappa shape index (κ2) is 8.19. The molecule has 1 aliphatic heterocycles. The molecule has 2 aromatic rings. The Morgan fingerprint density at radius 3 is 2.68 bits per heavy atom. The lowest BCUT2D eigenvalue weighted by molar-refractivity contribution is 0.428. The standard InChI is InChI=1S/C18H22N6S/c1-3-25-24-11-9-23(10-12-24)17-16(14(2)21-18(19)22-17)7-6-15-5-4-8-20-13-15/h4-5,8,13H,3,9-12H2,1-2H3,(H2,19,21,22). The van der Waals surface area contributed by atoms with Crippen molar-refractivity contribution in [2.45, 2.75) is 13.8 Å². The molecule has 1 saturated heterocycles. The Bertz CT molecular complexity index is 775. The third-order valence-electron chi connectivity index (χ3n) is 3.93. The Kier molecular flexibility index (Phi) is 5.74. The summed E-state index contributed by atoms with van der Waals surface area (Å²) in [4.78, 5) is 15.1. The fourth-order valence-corrected chi connectivity index (χ4v) is 3.52. The van der Waals surface area contributed by atoms with Crippen molar-refractivity contribution in [2.75, 3.05) is 42.6 Å². The maximum Gasteiger partial charge on any atom is 0.222 e. The van der Waals surface area contributed by atoms with E-state index in [0.717, 1.165) is 54.6 Å². The molecule has 1 fully saturated rings. The second-order valence-corrected chi connectivity index (χ2v) is 7.04. The highest BCUT2D eigenvalue weighted by Crippen LogP contribution is 2.23. The van der Waals surface area contributed by atoms with E-state index in [1.807, 2.05) is 31.0 Å². The topological polar surface area (TPSA) is 71.2 Å². The molecule has 2 N–H and O–H groups in total. The molecule has 130 valence electrons. The molecule has 1 aliphatic rings. The molecule has 0 aliphatic carbocycles. The summed E-state index contributed by atoms with van der Waals surface area (Å²) < 4.78 is 2.40. The summed E-state index contributed by atoms with van der Waals surface area (Å²) in [5.41, 5.74) is 8.42.